The minimum absolute atomic E-state index is 0.113. The van der Waals surface area contributed by atoms with Gasteiger partial charge in [0.1, 0.15) is 24.0 Å². The van der Waals surface area contributed by atoms with Gasteiger partial charge in [-0.1, -0.05) is 6.07 Å². The molecule has 1 aromatic heterocycles. The van der Waals surface area contributed by atoms with Crippen LogP contribution in [0.5, 0.6) is 11.5 Å². The number of hydrogen-bond donors (Lipinski definition) is 1. The SMILES string of the molecule is CC(NC(=O)Cc1csc(-c2ccc(F)cc2)n1)c1ccc2c(c1)OCCO2. The molecule has 0 fully saturated rings. The number of amides is 1. The summed E-state index contributed by atoms with van der Waals surface area (Å²) in [5, 5.41) is 5.61. The molecule has 0 saturated carbocycles. The summed E-state index contributed by atoms with van der Waals surface area (Å²) in [4.78, 5) is 16.9. The van der Waals surface area contributed by atoms with Crippen LogP contribution in [0.3, 0.4) is 0 Å². The van der Waals surface area contributed by atoms with E-state index in [9.17, 15) is 9.18 Å². The number of carbonyl (C=O) groups excluding carboxylic acids is 1. The molecular weight excluding hydrogens is 379 g/mol. The number of nitrogens with zero attached hydrogens (tertiary/aromatic N) is 1. The van der Waals surface area contributed by atoms with Crippen LogP contribution in [0.1, 0.15) is 24.2 Å². The van der Waals surface area contributed by atoms with Crippen LogP contribution in [0.2, 0.25) is 0 Å². The Kier molecular flexibility index (Phi) is 5.25. The Labute approximate surface area is 166 Å². The highest BCUT2D eigenvalue weighted by molar-refractivity contribution is 7.13. The third-order valence-electron chi connectivity index (χ3n) is 4.43. The molecule has 1 aliphatic rings. The maximum absolute atomic E-state index is 13.0. The average molecular weight is 398 g/mol. The molecule has 144 valence electrons. The van der Waals surface area contributed by atoms with E-state index in [1.165, 1.54) is 23.5 Å². The van der Waals surface area contributed by atoms with E-state index in [2.05, 4.69) is 10.3 Å². The van der Waals surface area contributed by atoms with Crippen molar-refractivity contribution in [2.75, 3.05) is 13.2 Å². The van der Waals surface area contributed by atoms with Gasteiger partial charge in [-0.2, -0.15) is 0 Å². The van der Waals surface area contributed by atoms with Crippen LogP contribution in [0.25, 0.3) is 10.6 Å². The Bertz CT molecular complexity index is 988. The van der Waals surface area contributed by atoms with E-state index in [4.69, 9.17) is 9.47 Å². The molecule has 1 aliphatic heterocycles. The van der Waals surface area contributed by atoms with E-state index >= 15 is 0 Å². The van der Waals surface area contributed by atoms with Crippen molar-refractivity contribution in [1.29, 1.82) is 0 Å². The molecule has 1 amide bonds. The van der Waals surface area contributed by atoms with Crippen LogP contribution in [0, 0.1) is 5.82 Å². The zero-order chi connectivity index (χ0) is 19.5. The van der Waals surface area contributed by atoms with E-state index in [0.717, 1.165) is 21.9 Å². The van der Waals surface area contributed by atoms with Crippen molar-refractivity contribution < 1.29 is 18.7 Å². The van der Waals surface area contributed by atoms with Gasteiger partial charge in [-0.25, -0.2) is 9.37 Å². The summed E-state index contributed by atoms with van der Waals surface area (Å²) in [7, 11) is 0. The number of aromatic nitrogens is 1. The summed E-state index contributed by atoms with van der Waals surface area (Å²) in [6.07, 6.45) is 0.187. The van der Waals surface area contributed by atoms with Gasteiger partial charge in [0.05, 0.1) is 18.2 Å². The molecule has 2 heterocycles. The van der Waals surface area contributed by atoms with Crippen LogP contribution in [-0.4, -0.2) is 24.1 Å². The molecule has 5 nitrogen and oxygen atoms in total. The lowest BCUT2D eigenvalue weighted by Gasteiger charge is -2.21. The molecule has 1 atom stereocenters. The normalized spacial score (nSPS) is 13.8. The number of hydrogen-bond acceptors (Lipinski definition) is 5. The highest BCUT2D eigenvalue weighted by atomic mass is 32.1. The number of benzene rings is 2. The van der Waals surface area contributed by atoms with Crippen molar-refractivity contribution in [2.24, 2.45) is 0 Å². The minimum Gasteiger partial charge on any atom is -0.486 e. The van der Waals surface area contributed by atoms with Gasteiger partial charge < -0.3 is 14.8 Å². The zero-order valence-corrected chi connectivity index (χ0v) is 16.1. The lowest BCUT2D eigenvalue weighted by atomic mass is 10.1. The number of halogens is 1. The van der Waals surface area contributed by atoms with Crippen molar-refractivity contribution in [3.63, 3.8) is 0 Å². The second-order valence-electron chi connectivity index (χ2n) is 6.52. The third kappa shape index (κ3) is 4.14. The highest BCUT2D eigenvalue weighted by Gasteiger charge is 2.16. The molecule has 7 heteroatoms. The highest BCUT2D eigenvalue weighted by Crippen LogP contribution is 2.32. The third-order valence-corrected chi connectivity index (χ3v) is 5.37. The van der Waals surface area contributed by atoms with Gasteiger partial charge in [0.2, 0.25) is 5.91 Å². The predicted molar refractivity (Wildman–Crippen MR) is 105 cm³/mol. The maximum atomic E-state index is 13.0. The van der Waals surface area contributed by atoms with Gasteiger partial charge in [0, 0.05) is 10.9 Å². The summed E-state index contributed by atoms with van der Waals surface area (Å²) in [6.45, 7) is 3.00. The Morgan fingerprint density at radius 2 is 1.93 bits per heavy atom. The summed E-state index contributed by atoms with van der Waals surface area (Å²) in [5.41, 5.74) is 2.47. The summed E-state index contributed by atoms with van der Waals surface area (Å²) in [6, 6.07) is 11.7. The number of fused-ring (bicyclic) bond motifs is 1. The van der Waals surface area contributed by atoms with Crippen LogP contribution in [-0.2, 0) is 11.2 Å². The monoisotopic (exact) mass is 398 g/mol. The van der Waals surface area contributed by atoms with Gasteiger partial charge >= 0.3 is 0 Å². The first kappa shape index (κ1) is 18.4. The van der Waals surface area contributed by atoms with E-state index < -0.39 is 0 Å². The Morgan fingerprint density at radius 3 is 2.71 bits per heavy atom. The van der Waals surface area contributed by atoms with E-state index in [1.54, 1.807) is 12.1 Å². The van der Waals surface area contributed by atoms with Crippen molar-refractivity contribution in [1.82, 2.24) is 10.3 Å². The second kappa shape index (κ2) is 7.98. The van der Waals surface area contributed by atoms with Crippen LogP contribution >= 0.6 is 11.3 Å². The maximum Gasteiger partial charge on any atom is 0.226 e. The Balaban J connectivity index is 1.38. The zero-order valence-electron chi connectivity index (χ0n) is 15.3. The van der Waals surface area contributed by atoms with Gasteiger partial charge in [0.15, 0.2) is 11.5 Å². The second-order valence-corrected chi connectivity index (χ2v) is 7.38. The molecule has 0 aliphatic carbocycles. The topological polar surface area (TPSA) is 60.5 Å². The molecule has 2 aromatic carbocycles. The first-order chi connectivity index (χ1) is 13.6. The summed E-state index contributed by atoms with van der Waals surface area (Å²) >= 11 is 1.44. The average Bonchev–Trinajstić information content (AvgIpc) is 3.16. The molecule has 0 radical (unpaired) electrons. The summed E-state index contributed by atoms with van der Waals surface area (Å²) < 4.78 is 24.2. The number of rotatable bonds is 5. The fraction of sp³-hybridized carbons (Fsp3) is 0.238. The molecule has 28 heavy (non-hydrogen) atoms. The van der Waals surface area contributed by atoms with Gasteiger partial charge in [-0.05, 0) is 48.9 Å². The lowest BCUT2D eigenvalue weighted by Crippen LogP contribution is -2.28. The molecule has 0 spiro atoms. The fourth-order valence-corrected chi connectivity index (χ4v) is 3.81. The minimum atomic E-state index is -0.284. The van der Waals surface area contributed by atoms with Gasteiger partial charge in [0.25, 0.3) is 0 Å². The van der Waals surface area contributed by atoms with Crippen molar-refractivity contribution in [2.45, 2.75) is 19.4 Å². The Morgan fingerprint density at radius 1 is 1.18 bits per heavy atom. The van der Waals surface area contributed by atoms with Crippen molar-refractivity contribution in [3.05, 3.63) is 64.9 Å². The Hall–Kier alpha value is -2.93. The van der Waals surface area contributed by atoms with Gasteiger partial charge in [-0.3, -0.25) is 4.79 Å². The predicted octanol–water partition coefficient (Wildman–Crippen LogP) is 4.14. The molecule has 1 unspecified atom stereocenters. The lowest BCUT2D eigenvalue weighted by molar-refractivity contribution is -0.121. The van der Waals surface area contributed by atoms with Crippen LogP contribution in [0.15, 0.2) is 47.8 Å². The van der Waals surface area contributed by atoms with Crippen LogP contribution in [0.4, 0.5) is 4.39 Å². The first-order valence-electron chi connectivity index (χ1n) is 8.98. The standard InChI is InChI=1S/C21H19FN2O3S/c1-13(15-4-7-18-19(10-15)27-9-8-26-18)23-20(25)11-17-12-28-21(24-17)14-2-5-16(22)6-3-14/h2-7,10,12-13H,8-9,11H2,1H3,(H,23,25). The number of thiazole rings is 1. The van der Waals surface area contributed by atoms with Gasteiger partial charge in [-0.15, -0.1) is 11.3 Å². The van der Waals surface area contributed by atoms with E-state index in [-0.39, 0.29) is 24.2 Å². The van der Waals surface area contributed by atoms with E-state index in [1.807, 2.05) is 30.5 Å². The number of carbonyl (C=O) groups is 1. The molecule has 0 saturated heterocycles. The molecule has 3 aromatic rings. The largest absolute Gasteiger partial charge is 0.486 e. The van der Waals surface area contributed by atoms with Crippen molar-refractivity contribution >= 4 is 17.2 Å². The summed E-state index contributed by atoms with van der Waals surface area (Å²) in [5.74, 6) is 1.03. The molecule has 4 rings (SSSR count). The first-order valence-corrected chi connectivity index (χ1v) is 9.86. The van der Waals surface area contributed by atoms with Crippen LogP contribution < -0.4 is 14.8 Å². The molecular formula is C21H19FN2O3S. The van der Waals surface area contributed by atoms with Crippen molar-refractivity contribution in [3.8, 4) is 22.1 Å². The quantitative estimate of drug-likeness (QED) is 0.702. The molecule has 1 N–H and O–H groups in total. The number of ether oxygens (including phenoxy) is 2. The van der Waals surface area contributed by atoms with E-state index in [0.29, 0.717) is 24.7 Å². The molecule has 0 bridgehead atoms. The fourth-order valence-electron chi connectivity index (χ4n) is 2.98. The smallest absolute Gasteiger partial charge is 0.226 e. The number of nitrogens with one attached hydrogen (secondary N) is 1.